The molecule has 0 aromatic heterocycles. The summed E-state index contributed by atoms with van der Waals surface area (Å²) in [6, 6.07) is 7.49. The Balaban J connectivity index is 2.29. The van der Waals surface area contributed by atoms with Crippen LogP contribution in [0, 0.1) is 5.92 Å². The van der Waals surface area contributed by atoms with Crippen LogP contribution < -0.4 is 5.32 Å². The summed E-state index contributed by atoms with van der Waals surface area (Å²) >= 11 is 5.86. The molecule has 4 heteroatoms. The highest BCUT2D eigenvalue weighted by atomic mass is 35.5. The second-order valence-corrected chi connectivity index (χ2v) is 5.18. The van der Waals surface area contributed by atoms with E-state index < -0.39 is 6.10 Å². The Kier molecular flexibility index (Phi) is 6.16. The normalized spacial score (nSPS) is 12.5. The third kappa shape index (κ3) is 5.52. The number of carbonyl (C=O) groups is 1. The van der Waals surface area contributed by atoms with Crippen LogP contribution in [-0.2, 0) is 11.2 Å². The average Bonchev–Trinajstić information content (AvgIpc) is 2.33. The number of amides is 1. The number of halogens is 1. The summed E-state index contributed by atoms with van der Waals surface area (Å²) < 4.78 is 0. The van der Waals surface area contributed by atoms with Crippen LogP contribution in [0.2, 0.25) is 5.02 Å². The van der Waals surface area contributed by atoms with Crippen LogP contribution in [0.25, 0.3) is 0 Å². The van der Waals surface area contributed by atoms with Gasteiger partial charge < -0.3 is 10.4 Å². The summed E-state index contributed by atoms with van der Waals surface area (Å²) in [6.45, 7) is 4.15. The zero-order valence-electron chi connectivity index (χ0n) is 10.8. The zero-order chi connectivity index (χ0) is 13.5. The maximum atomic E-state index is 11.6. The molecular formula is C14H20ClNO2. The SMILES string of the molecule is CC(C)C(O)CNC(=O)CCc1cccc(Cl)c1. The zero-order valence-corrected chi connectivity index (χ0v) is 11.6. The Labute approximate surface area is 113 Å². The molecule has 18 heavy (non-hydrogen) atoms. The molecule has 0 aliphatic rings. The fraction of sp³-hybridized carbons (Fsp3) is 0.500. The van der Waals surface area contributed by atoms with Gasteiger partial charge in [0.05, 0.1) is 6.10 Å². The number of aliphatic hydroxyl groups excluding tert-OH is 1. The van der Waals surface area contributed by atoms with E-state index in [4.69, 9.17) is 11.6 Å². The Morgan fingerprint density at radius 1 is 1.44 bits per heavy atom. The summed E-state index contributed by atoms with van der Waals surface area (Å²) in [6.07, 6.45) is 0.579. The fourth-order valence-electron chi connectivity index (χ4n) is 1.49. The standard InChI is InChI=1S/C14H20ClNO2/c1-10(2)13(17)9-16-14(18)7-6-11-4-3-5-12(15)8-11/h3-5,8,10,13,17H,6-7,9H2,1-2H3,(H,16,18). The van der Waals surface area contributed by atoms with Gasteiger partial charge in [-0.3, -0.25) is 4.79 Å². The van der Waals surface area contributed by atoms with Crippen molar-refractivity contribution in [1.82, 2.24) is 5.32 Å². The van der Waals surface area contributed by atoms with Crippen molar-refractivity contribution in [2.24, 2.45) is 5.92 Å². The van der Waals surface area contributed by atoms with Gasteiger partial charge in [-0.2, -0.15) is 0 Å². The first-order valence-electron chi connectivity index (χ1n) is 6.18. The molecule has 100 valence electrons. The molecule has 0 saturated heterocycles. The number of carbonyl (C=O) groups excluding carboxylic acids is 1. The first kappa shape index (κ1) is 15.0. The van der Waals surface area contributed by atoms with Gasteiger partial charge in [0.15, 0.2) is 0 Å². The molecule has 3 nitrogen and oxygen atoms in total. The quantitative estimate of drug-likeness (QED) is 0.833. The van der Waals surface area contributed by atoms with E-state index in [1.165, 1.54) is 0 Å². The van der Waals surface area contributed by atoms with E-state index in [1.54, 1.807) is 0 Å². The molecule has 1 rings (SSSR count). The van der Waals surface area contributed by atoms with E-state index in [0.29, 0.717) is 24.4 Å². The Bertz CT molecular complexity index is 393. The summed E-state index contributed by atoms with van der Waals surface area (Å²) in [5.41, 5.74) is 1.04. The minimum Gasteiger partial charge on any atom is -0.391 e. The second-order valence-electron chi connectivity index (χ2n) is 4.75. The minimum atomic E-state index is -0.486. The Morgan fingerprint density at radius 2 is 2.17 bits per heavy atom. The summed E-state index contributed by atoms with van der Waals surface area (Å²) in [5.74, 6) is 0.105. The molecule has 1 aromatic rings. The largest absolute Gasteiger partial charge is 0.391 e. The van der Waals surface area contributed by atoms with Crippen molar-refractivity contribution in [2.45, 2.75) is 32.8 Å². The van der Waals surface area contributed by atoms with Crippen molar-refractivity contribution in [2.75, 3.05) is 6.54 Å². The van der Waals surface area contributed by atoms with Gasteiger partial charge in [-0.25, -0.2) is 0 Å². The maximum absolute atomic E-state index is 11.6. The fourth-order valence-corrected chi connectivity index (χ4v) is 1.71. The van der Waals surface area contributed by atoms with Crippen LogP contribution in [0.15, 0.2) is 24.3 Å². The number of rotatable bonds is 6. The van der Waals surface area contributed by atoms with Gasteiger partial charge >= 0.3 is 0 Å². The molecule has 2 N–H and O–H groups in total. The van der Waals surface area contributed by atoms with E-state index in [-0.39, 0.29) is 11.8 Å². The van der Waals surface area contributed by atoms with Crippen molar-refractivity contribution in [1.29, 1.82) is 0 Å². The lowest BCUT2D eigenvalue weighted by Gasteiger charge is -2.14. The topological polar surface area (TPSA) is 49.3 Å². The van der Waals surface area contributed by atoms with Gasteiger partial charge in [0.25, 0.3) is 0 Å². The highest BCUT2D eigenvalue weighted by Gasteiger charge is 2.10. The van der Waals surface area contributed by atoms with E-state index in [9.17, 15) is 9.90 Å². The second kappa shape index (κ2) is 7.39. The molecule has 0 saturated carbocycles. The molecule has 0 spiro atoms. The van der Waals surface area contributed by atoms with Gasteiger partial charge in [0.2, 0.25) is 5.91 Å². The maximum Gasteiger partial charge on any atom is 0.220 e. The van der Waals surface area contributed by atoms with E-state index >= 15 is 0 Å². The smallest absolute Gasteiger partial charge is 0.220 e. The number of hydrogen-bond donors (Lipinski definition) is 2. The number of hydrogen-bond acceptors (Lipinski definition) is 2. The molecule has 0 aliphatic heterocycles. The molecule has 1 amide bonds. The predicted molar refractivity (Wildman–Crippen MR) is 73.6 cm³/mol. The van der Waals surface area contributed by atoms with Crippen LogP contribution >= 0.6 is 11.6 Å². The van der Waals surface area contributed by atoms with Crippen molar-refractivity contribution in [3.63, 3.8) is 0 Å². The third-order valence-electron chi connectivity index (χ3n) is 2.81. The molecule has 0 fully saturated rings. The van der Waals surface area contributed by atoms with Crippen molar-refractivity contribution in [3.8, 4) is 0 Å². The molecule has 0 aliphatic carbocycles. The summed E-state index contributed by atoms with van der Waals surface area (Å²) in [7, 11) is 0. The molecule has 0 heterocycles. The highest BCUT2D eigenvalue weighted by molar-refractivity contribution is 6.30. The van der Waals surface area contributed by atoms with Crippen molar-refractivity contribution in [3.05, 3.63) is 34.9 Å². The van der Waals surface area contributed by atoms with Crippen LogP contribution in [0.1, 0.15) is 25.8 Å². The monoisotopic (exact) mass is 269 g/mol. The first-order valence-corrected chi connectivity index (χ1v) is 6.56. The van der Waals surface area contributed by atoms with Crippen LogP contribution in [0.3, 0.4) is 0 Å². The Morgan fingerprint density at radius 3 is 2.78 bits per heavy atom. The lowest BCUT2D eigenvalue weighted by molar-refractivity contribution is -0.121. The molecule has 1 unspecified atom stereocenters. The molecular weight excluding hydrogens is 250 g/mol. The van der Waals surface area contributed by atoms with Crippen LogP contribution in [-0.4, -0.2) is 23.7 Å². The Hall–Kier alpha value is -1.06. The minimum absolute atomic E-state index is 0.0466. The molecule has 0 radical (unpaired) electrons. The van der Waals surface area contributed by atoms with E-state index in [2.05, 4.69) is 5.32 Å². The average molecular weight is 270 g/mol. The summed E-state index contributed by atoms with van der Waals surface area (Å²) in [5, 5.41) is 13.0. The number of aryl methyl sites for hydroxylation is 1. The van der Waals surface area contributed by atoms with Crippen molar-refractivity contribution >= 4 is 17.5 Å². The third-order valence-corrected chi connectivity index (χ3v) is 3.04. The number of aliphatic hydroxyl groups is 1. The van der Waals surface area contributed by atoms with E-state index in [1.807, 2.05) is 38.1 Å². The van der Waals surface area contributed by atoms with Crippen LogP contribution in [0.5, 0.6) is 0 Å². The molecule has 1 aromatic carbocycles. The van der Waals surface area contributed by atoms with Gasteiger partial charge in [-0.1, -0.05) is 37.6 Å². The lowest BCUT2D eigenvalue weighted by Crippen LogP contribution is -2.34. The lowest BCUT2D eigenvalue weighted by atomic mass is 10.1. The van der Waals surface area contributed by atoms with Crippen molar-refractivity contribution < 1.29 is 9.90 Å². The number of benzene rings is 1. The van der Waals surface area contributed by atoms with Gasteiger partial charge in [0.1, 0.15) is 0 Å². The predicted octanol–water partition coefficient (Wildman–Crippen LogP) is 2.41. The molecule has 1 atom stereocenters. The highest BCUT2D eigenvalue weighted by Crippen LogP contribution is 2.12. The van der Waals surface area contributed by atoms with Gasteiger partial charge in [-0.05, 0) is 30.0 Å². The first-order chi connectivity index (χ1) is 8.49. The van der Waals surface area contributed by atoms with Crippen LogP contribution in [0.4, 0.5) is 0 Å². The van der Waals surface area contributed by atoms with Gasteiger partial charge in [0, 0.05) is 18.0 Å². The summed E-state index contributed by atoms with van der Waals surface area (Å²) in [4.78, 5) is 11.6. The van der Waals surface area contributed by atoms with E-state index in [0.717, 1.165) is 5.56 Å². The number of nitrogens with one attached hydrogen (secondary N) is 1. The van der Waals surface area contributed by atoms with Gasteiger partial charge in [-0.15, -0.1) is 0 Å². The molecule has 0 bridgehead atoms.